The summed E-state index contributed by atoms with van der Waals surface area (Å²) in [6.07, 6.45) is 1.26. The van der Waals surface area contributed by atoms with E-state index in [0.29, 0.717) is 5.57 Å². The van der Waals surface area contributed by atoms with Gasteiger partial charge in [0.2, 0.25) is 11.8 Å². The third kappa shape index (κ3) is 10.5. The standard InChI is InChI=1S/2C6H11NO/c1-4-6(8)7-5(2)3;1-4(2)5(3)6(7)8/h4-5H,1H2,2-3H3,(H,7,8);4H,3H2,1-2H3,(H2,7,8). The molecule has 0 heterocycles. The van der Waals surface area contributed by atoms with Crippen LogP contribution in [0.4, 0.5) is 0 Å². The van der Waals surface area contributed by atoms with Gasteiger partial charge in [0, 0.05) is 11.6 Å². The number of carbonyl (C=O) groups excluding carboxylic acids is 2. The van der Waals surface area contributed by atoms with Gasteiger partial charge in [-0.2, -0.15) is 0 Å². The summed E-state index contributed by atoms with van der Waals surface area (Å²) in [4.78, 5) is 20.7. The second-order valence-electron chi connectivity index (χ2n) is 3.91. The number of nitrogens with two attached hydrogens (primary N) is 1. The Morgan fingerprint density at radius 3 is 1.75 bits per heavy atom. The predicted octanol–water partition coefficient (Wildman–Crippen LogP) is 1.38. The third-order valence-corrected chi connectivity index (χ3v) is 1.63. The number of rotatable bonds is 4. The first-order valence-corrected chi connectivity index (χ1v) is 5.13. The average Bonchev–Trinajstić information content (AvgIpc) is 2.16. The first-order chi connectivity index (χ1) is 7.22. The van der Waals surface area contributed by atoms with Crippen LogP contribution in [-0.2, 0) is 9.59 Å². The van der Waals surface area contributed by atoms with Gasteiger partial charge in [-0.25, -0.2) is 0 Å². The van der Waals surface area contributed by atoms with Crippen molar-refractivity contribution in [3.05, 3.63) is 24.8 Å². The van der Waals surface area contributed by atoms with Gasteiger partial charge < -0.3 is 11.1 Å². The van der Waals surface area contributed by atoms with Crippen molar-refractivity contribution >= 4 is 11.8 Å². The summed E-state index contributed by atoms with van der Waals surface area (Å²) in [5.41, 5.74) is 5.39. The van der Waals surface area contributed by atoms with Crippen molar-refractivity contribution in [2.75, 3.05) is 0 Å². The molecule has 0 fully saturated rings. The van der Waals surface area contributed by atoms with Crippen LogP contribution in [0.3, 0.4) is 0 Å². The maximum Gasteiger partial charge on any atom is 0.244 e. The molecule has 0 bridgehead atoms. The van der Waals surface area contributed by atoms with Gasteiger partial charge >= 0.3 is 0 Å². The molecule has 0 atom stereocenters. The molecule has 92 valence electrons. The molecule has 0 saturated heterocycles. The lowest BCUT2D eigenvalue weighted by Crippen LogP contribution is -2.27. The van der Waals surface area contributed by atoms with Crippen molar-refractivity contribution in [2.45, 2.75) is 33.7 Å². The SMILES string of the molecule is C=C(C(N)=O)C(C)C.C=CC(=O)NC(C)C. The summed E-state index contributed by atoms with van der Waals surface area (Å²) in [6, 6.07) is 0.209. The van der Waals surface area contributed by atoms with Crippen LogP contribution in [0.25, 0.3) is 0 Å². The van der Waals surface area contributed by atoms with E-state index in [-0.39, 0.29) is 17.9 Å². The minimum absolute atomic E-state index is 0.111. The summed E-state index contributed by atoms with van der Waals surface area (Å²) >= 11 is 0. The predicted molar refractivity (Wildman–Crippen MR) is 66.6 cm³/mol. The molecular formula is C12H22N2O2. The van der Waals surface area contributed by atoms with Gasteiger partial charge in [-0.15, -0.1) is 0 Å². The van der Waals surface area contributed by atoms with Gasteiger partial charge in [0.15, 0.2) is 0 Å². The summed E-state index contributed by atoms with van der Waals surface area (Å²) in [6.45, 7) is 14.4. The third-order valence-electron chi connectivity index (χ3n) is 1.63. The Hall–Kier alpha value is -1.58. The number of hydrogen-bond donors (Lipinski definition) is 2. The fourth-order valence-electron chi connectivity index (χ4n) is 0.628. The molecule has 3 N–H and O–H groups in total. The number of hydrogen-bond acceptors (Lipinski definition) is 2. The van der Waals surface area contributed by atoms with E-state index in [1.54, 1.807) is 0 Å². The van der Waals surface area contributed by atoms with Crippen molar-refractivity contribution in [3.8, 4) is 0 Å². The minimum atomic E-state index is -0.403. The molecule has 0 aliphatic carbocycles. The summed E-state index contributed by atoms with van der Waals surface area (Å²) in [7, 11) is 0. The highest BCUT2D eigenvalue weighted by Crippen LogP contribution is 2.03. The van der Waals surface area contributed by atoms with Crippen molar-refractivity contribution < 1.29 is 9.59 Å². The van der Waals surface area contributed by atoms with Crippen LogP contribution in [0, 0.1) is 5.92 Å². The zero-order valence-corrected chi connectivity index (χ0v) is 10.5. The highest BCUT2D eigenvalue weighted by molar-refractivity contribution is 5.91. The Morgan fingerprint density at radius 1 is 1.25 bits per heavy atom. The highest BCUT2D eigenvalue weighted by Gasteiger charge is 2.04. The Bertz CT molecular complexity index is 266. The smallest absolute Gasteiger partial charge is 0.244 e. The first-order valence-electron chi connectivity index (χ1n) is 5.13. The quantitative estimate of drug-likeness (QED) is 0.711. The number of amides is 2. The molecule has 0 unspecified atom stereocenters. The van der Waals surface area contributed by atoms with Crippen LogP contribution < -0.4 is 11.1 Å². The number of primary amides is 1. The molecule has 16 heavy (non-hydrogen) atoms. The second kappa shape index (κ2) is 8.71. The zero-order chi connectivity index (χ0) is 13.3. The molecule has 0 aliphatic heterocycles. The lowest BCUT2D eigenvalue weighted by atomic mass is 10.1. The monoisotopic (exact) mass is 226 g/mol. The molecular weight excluding hydrogens is 204 g/mol. The van der Waals surface area contributed by atoms with Crippen LogP contribution in [0.15, 0.2) is 24.8 Å². The normalized spacial score (nSPS) is 9.12. The molecule has 0 rings (SSSR count). The minimum Gasteiger partial charge on any atom is -0.366 e. The van der Waals surface area contributed by atoms with Crippen LogP contribution in [0.1, 0.15) is 27.7 Å². The Balaban J connectivity index is 0. The van der Waals surface area contributed by atoms with Crippen molar-refractivity contribution in [1.82, 2.24) is 5.32 Å². The molecule has 0 aliphatic rings. The Morgan fingerprint density at radius 2 is 1.69 bits per heavy atom. The van der Waals surface area contributed by atoms with Gasteiger partial charge in [-0.05, 0) is 25.8 Å². The molecule has 4 nitrogen and oxygen atoms in total. The van der Waals surface area contributed by atoms with E-state index >= 15 is 0 Å². The van der Waals surface area contributed by atoms with Gasteiger partial charge in [0.1, 0.15) is 0 Å². The summed E-state index contributed by atoms with van der Waals surface area (Å²) in [5, 5.41) is 2.64. The molecule has 0 spiro atoms. The van der Waals surface area contributed by atoms with Gasteiger partial charge in [0.25, 0.3) is 0 Å². The fourth-order valence-corrected chi connectivity index (χ4v) is 0.628. The highest BCUT2D eigenvalue weighted by atomic mass is 16.1. The van der Waals surface area contributed by atoms with E-state index in [2.05, 4.69) is 18.5 Å². The van der Waals surface area contributed by atoms with Crippen LogP contribution in [0.2, 0.25) is 0 Å². The van der Waals surface area contributed by atoms with E-state index in [1.807, 2.05) is 27.7 Å². The Kier molecular flexibility index (Phi) is 9.16. The lowest BCUT2D eigenvalue weighted by molar-refractivity contribution is -0.117. The van der Waals surface area contributed by atoms with Crippen LogP contribution in [-0.4, -0.2) is 17.9 Å². The molecule has 4 heteroatoms. The molecule has 0 aromatic carbocycles. The van der Waals surface area contributed by atoms with E-state index < -0.39 is 5.91 Å². The van der Waals surface area contributed by atoms with Crippen LogP contribution in [0.5, 0.6) is 0 Å². The van der Waals surface area contributed by atoms with Crippen molar-refractivity contribution in [2.24, 2.45) is 11.7 Å². The van der Waals surface area contributed by atoms with E-state index in [9.17, 15) is 9.59 Å². The van der Waals surface area contributed by atoms with E-state index in [0.717, 1.165) is 0 Å². The fraction of sp³-hybridized carbons (Fsp3) is 0.500. The molecule has 0 radical (unpaired) electrons. The maximum absolute atomic E-state index is 10.4. The summed E-state index contributed by atoms with van der Waals surface area (Å²) in [5.74, 6) is -0.340. The van der Waals surface area contributed by atoms with Crippen molar-refractivity contribution in [1.29, 1.82) is 0 Å². The topological polar surface area (TPSA) is 72.2 Å². The number of carbonyl (C=O) groups is 2. The largest absolute Gasteiger partial charge is 0.366 e. The lowest BCUT2D eigenvalue weighted by Gasteiger charge is -2.02. The maximum atomic E-state index is 10.4. The van der Waals surface area contributed by atoms with E-state index in [4.69, 9.17) is 5.73 Å². The van der Waals surface area contributed by atoms with Crippen molar-refractivity contribution in [3.63, 3.8) is 0 Å². The first kappa shape index (κ1) is 16.8. The van der Waals surface area contributed by atoms with Gasteiger partial charge in [0.05, 0.1) is 0 Å². The molecule has 2 amide bonds. The Labute approximate surface area is 97.6 Å². The summed E-state index contributed by atoms with van der Waals surface area (Å²) < 4.78 is 0. The molecule has 0 saturated carbocycles. The average molecular weight is 226 g/mol. The molecule has 0 aromatic rings. The van der Waals surface area contributed by atoms with Gasteiger partial charge in [-0.3, -0.25) is 9.59 Å². The second-order valence-corrected chi connectivity index (χ2v) is 3.91. The van der Waals surface area contributed by atoms with E-state index in [1.165, 1.54) is 6.08 Å². The molecule has 0 aromatic heterocycles. The number of nitrogens with one attached hydrogen (secondary N) is 1. The van der Waals surface area contributed by atoms with Crippen LogP contribution >= 0.6 is 0 Å². The van der Waals surface area contributed by atoms with Gasteiger partial charge in [-0.1, -0.05) is 27.0 Å². The zero-order valence-electron chi connectivity index (χ0n) is 10.5.